The Hall–Kier alpha value is -4.37. The van der Waals surface area contributed by atoms with Gasteiger partial charge in [-0.1, -0.05) is 36.8 Å². The monoisotopic (exact) mass is 570 g/mol. The number of aliphatic hydroxyl groups excluding tert-OH is 1. The summed E-state index contributed by atoms with van der Waals surface area (Å²) in [4.78, 5) is 33.4. The molecule has 3 aromatic carbocycles. The SMILES string of the molecule is CCCCOc1cccc([C@@H]2/C(=C(\O)c3ccc4c(c3)C[C@@H](C)O4)C(=O)C(=O)N2c2nc3ccc(OC)cc3s2)c1. The molecule has 1 saturated heterocycles. The summed E-state index contributed by atoms with van der Waals surface area (Å²) in [6.07, 6.45) is 2.62. The van der Waals surface area contributed by atoms with Gasteiger partial charge in [0.2, 0.25) is 0 Å². The maximum Gasteiger partial charge on any atom is 0.301 e. The molecule has 8 nitrogen and oxygen atoms in total. The molecule has 1 aromatic heterocycles. The third-order valence-electron chi connectivity index (χ3n) is 7.34. The van der Waals surface area contributed by atoms with Crippen LogP contribution in [-0.2, 0) is 16.0 Å². The van der Waals surface area contributed by atoms with Crippen LogP contribution >= 0.6 is 11.3 Å². The zero-order valence-electron chi connectivity index (χ0n) is 23.0. The molecule has 1 amide bonds. The lowest BCUT2D eigenvalue weighted by Gasteiger charge is -2.23. The predicted molar refractivity (Wildman–Crippen MR) is 158 cm³/mol. The maximum absolute atomic E-state index is 13.7. The van der Waals surface area contributed by atoms with Crippen LogP contribution in [0.5, 0.6) is 17.2 Å². The van der Waals surface area contributed by atoms with Gasteiger partial charge in [0.25, 0.3) is 5.78 Å². The van der Waals surface area contributed by atoms with Crippen LogP contribution in [0.25, 0.3) is 16.0 Å². The minimum Gasteiger partial charge on any atom is -0.507 e. The summed E-state index contributed by atoms with van der Waals surface area (Å²) < 4.78 is 17.9. The Morgan fingerprint density at radius 3 is 2.78 bits per heavy atom. The largest absolute Gasteiger partial charge is 0.507 e. The summed E-state index contributed by atoms with van der Waals surface area (Å²) >= 11 is 1.29. The number of carbonyl (C=O) groups excluding carboxylic acids is 2. The quantitative estimate of drug-likeness (QED) is 0.113. The van der Waals surface area contributed by atoms with Crippen LogP contribution in [0.4, 0.5) is 5.13 Å². The number of hydrogen-bond acceptors (Lipinski definition) is 8. The molecule has 2 aliphatic rings. The molecule has 6 rings (SSSR count). The summed E-state index contributed by atoms with van der Waals surface area (Å²) in [5.41, 5.74) is 2.71. The number of thiazole rings is 1. The molecule has 0 bridgehead atoms. The number of Topliss-reactive ketones (excluding diaryl/α,β-unsaturated/α-hetero) is 1. The molecule has 41 heavy (non-hydrogen) atoms. The second kappa shape index (κ2) is 10.9. The number of ether oxygens (including phenoxy) is 3. The fourth-order valence-corrected chi connectivity index (χ4v) is 6.32. The number of benzene rings is 3. The van der Waals surface area contributed by atoms with E-state index in [4.69, 9.17) is 19.2 Å². The first kappa shape index (κ1) is 26.8. The standard InChI is InChI=1S/C32H30N2O6S/c1-4-5-13-39-23-8-6-7-19(16-23)28-27(29(35)20-9-12-25-21(15-20)14-18(2)40-25)30(36)31(37)34(28)32-33-24-11-10-22(38-3)17-26(24)41-32/h6-12,15-18,28,35H,4-5,13-14H2,1-3H3/b29-27+/t18-,28-/m1/s1. The number of ketones is 1. The van der Waals surface area contributed by atoms with Gasteiger partial charge in [-0.25, -0.2) is 4.98 Å². The number of carbonyl (C=O) groups is 2. The molecular weight excluding hydrogens is 540 g/mol. The van der Waals surface area contributed by atoms with Crippen LogP contribution in [0.2, 0.25) is 0 Å². The molecule has 0 unspecified atom stereocenters. The van der Waals surface area contributed by atoms with Crippen LogP contribution in [0.1, 0.15) is 49.4 Å². The summed E-state index contributed by atoms with van der Waals surface area (Å²) in [7, 11) is 1.59. The maximum atomic E-state index is 13.7. The molecule has 0 radical (unpaired) electrons. The predicted octanol–water partition coefficient (Wildman–Crippen LogP) is 6.43. The zero-order valence-corrected chi connectivity index (χ0v) is 23.9. The Morgan fingerprint density at radius 2 is 1.98 bits per heavy atom. The van der Waals surface area contributed by atoms with Crippen molar-refractivity contribution in [3.63, 3.8) is 0 Å². The highest BCUT2D eigenvalue weighted by molar-refractivity contribution is 7.22. The van der Waals surface area contributed by atoms with Gasteiger partial charge in [-0.15, -0.1) is 0 Å². The molecule has 2 aliphatic heterocycles. The van der Waals surface area contributed by atoms with Crippen molar-refractivity contribution in [1.82, 2.24) is 4.98 Å². The highest BCUT2D eigenvalue weighted by atomic mass is 32.1. The number of rotatable bonds is 8. The summed E-state index contributed by atoms with van der Waals surface area (Å²) in [5.74, 6) is 0.285. The van der Waals surface area contributed by atoms with Gasteiger partial charge in [-0.2, -0.15) is 0 Å². The van der Waals surface area contributed by atoms with Crippen molar-refractivity contribution in [2.45, 2.75) is 45.3 Å². The number of fused-ring (bicyclic) bond motifs is 2. The molecule has 4 aromatic rings. The molecular formula is C32H30N2O6S. The fourth-order valence-electron chi connectivity index (χ4n) is 5.30. The Balaban J connectivity index is 1.49. The van der Waals surface area contributed by atoms with E-state index < -0.39 is 17.7 Å². The number of amides is 1. The first-order chi connectivity index (χ1) is 19.9. The second-order valence-corrected chi connectivity index (χ2v) is 11.2. The van der Waals surface area contributed by atoms with Gasteiger partial charge < -0.3 is 19.3 Å². The Labute approximate surface area is 241 Å². The summed E-state index contributed by atoms with van der Waals surface area (Å²) in [6, 6.07) is 17.2. The smallest absolute Gasteiger partial charge is 0.301 e. The van der Waals surface area contributed by atoms with Gasteiger partial charge in [-0.3, -0.25) is 14.5 Å². The Kier molecular flexibility index (Phi) is 7.13. The van der Waals surface area contributed by atoms with Gasteiger partial charge >= 0.3 is 5.91 Å². The minimum atomic E-state index is -0.907. The van der Waals surface area contributed by atoms with E-state index in [2.05, 4.69) is 6.92 Å². The lowest BCUT2D eigenvalue weighted by Crippen LogP contribution is -2.29. The van der Waals surface area contributed by atoms with Crippen LogP contribution in [0.3, 0.4) is 0 Å². The third kappa shape index (κ3) is 4.91. The van der Waals surface area contributed by atoms with E-state index in [1.165, 1.54) is 16.2 Å². The zero-order chi connectivity index (χ0) is 28.7. The van der Waals surface area contributed by atoms with Crippen molar-refractivity contribution in [1.29, 1.82) is 0 Å². The van der Waals surface area contributed by atoms with E-state index in [1.54, 1.807) is 25.3 Å². The highest BCUT2D eigenvalue weighted by Crippen LogP contribution is 2.45. The van der Waals surface area contributed by atoms with E-state index in [-0.39, 0.29) is 17.4 Å². The van der Waals surface area contributed by atoms with Gasteiger partial charge in [0.1, 0.15) is 29.1 Å². The average molecular weight is 571 g/mol. The van der Waals surface area contributed by atoms with Gasteiger partial charge in [-0.05, 0) is 73.0 Å². The molecule has 1 N–H and O–H groups in total. The lowest BCUT2D eigenvalue weighted by molar-refractivity contribution is -0.132. The summed E-state index contributed by atoms with van der Waals surface area (Å²) in [5, 5.41) is 12.0. The first-order valence-electron chi connectivity index (χ1n) is 13.7. The highest BCUT2D eigenvalue weighted by Gasteiger charge is 2.48. The van der Waals surface area contributed by atoms with E-state index in [1.807, 2.05) is 49.4 Å². The summed E-state index contributed by atoms with van der Waals surface area (Å²) in [6.45, 7) is 4.62. The molecule has 0 saturated carbocycles. The molecule has 0 aliphatic carbocycles. The van der Waals surface area contributed by atoms with Gasteiger partial charge in [0.15, 0.2) is 5.13 Å². The van der Waals surface area contributed by atoms with Crippen molar-refractivity contribution in [2.75, 3.05) is 18.6 Å². The van der Waals surface area contributed by atoms with E-state index in [9.17, 15) is 14.7 Å². The van der Waals surface area contributed by atoms with Crippen molar-refractivity contribution in [3.05, 3.63) is 82.9 Å². The van der Waals surface area contributed by atoms with Gasteiger partial charge in [0, 0.05) is 12.0 Å². The first-order valence-corrected chi connectivity index (χ1v) is 14.5. The number of methoxy groups -OCH3 is 1. The van der Waals surface area contributed by atoms with Crippen LogP contribution in [0, 0.1) is 0 Å². The topological polar surface area (TPSA) is 98.2 Å². The van der Waals surface area contributed by atoms with E-state index in [0.717, 1.165) is 28.9 Å². The number of anilines is 1. The van der Waals surface area contributed by atoms with Crippen LogP contribution < -0.4 is 19.1 Å². The normalized spacial score (nSPS) is 19.4. The van der Waals surface area contributed by atoms with E-state index >= 15 is 0 Å². The fraction of sp³-hybridized carbons (Fsp3) is 0.281. The number of unbranched alkanes of at least 4 members (excludes halogenated alkanes) is 1. The number of nitrogens with zero attached hydrogens (tertiary/aromatic N) is 2. The Bertz CT molecular complexity index is 1690. The van der Waals surface area contributed by atoms with Crippen LogP contribution in [-0.4, -0.2) is 41.6 Å². The molecule has 3 heterocycles. The number of aliphatic hydroxyl groups is 1. The Morgan fingerprint density at radius 1 is 1.12 bits per heavy atom. The van der Waals surface area contributed by atoms with Crippen molar-refractivity contribution >= 4 is 44.1 Å². The minimum absolute atomic E-state index is 0.00413. The van der Waals surface area contributed by atoms with Crippen LogP contribution in [0.15, 0.2) is 66.2 Å². The molecule has 210 valence electrons. The number of hydrogen-bond donors (Lipinski definition) is 1. The van der Waals surface area contributed by atoms with Crippen molar-refractivity contribution < 1.29 is 28.9 Å². The molecule has 9 heteroatoms. The van der Waals surface area contributed by atoms with E-state index in [0.29, 0.717) is 46.3 Å². The van der Waals surface area contributed by atoms with Crippen molar-refractivity contribution in [3.8, 4) is 17.2 Å². The average Bonchev–Trinajstić information content (AvgIpc) is 3.64. The molecule has 2 atom stereocenters. The second-order valence-electron chi connectivity index (χ2n) is 10.2. The number of aromatic nitrogens is 1. The molecule has 0 spiro atoms. The lowest BCUT2D eigenvalue weighted by atomic mass is 9.94. The molecule has 1 fully saturated rings. The van der Waals surface area contributed by atoms with Crippen molar-refractivity contribution in [2.24, 2.45) is 0 Å². The van der Waals surface area contributed by atoms with Gasteiger partial charge in [0.05, 0.1) is 35.5 Å². The third-order valence-corrected chi connectivity index (χ3v) is 8.36.